The van der Waals surface area contributed by atoms with Crippen molar-refractivity contribution >= 4 is 29.3 Å². The highest BCUT2D eigenvalue weighted by molar-refractivity contribution is 7.98. The molecule has 0 saturated carbocycles. The van der Waals surface area contributed by atoms with Crippen LogP contribution < -0.4 is 5.32 Å². The van der Waals surface area contributed by atoms with E-state index in [1.165, 1.54) is 0 Å². The van der Waals surface area contributed by atoms with Gasteiger partial charge in [0.2, 0.25) is 5.91 Å². The van der Waals surface area contributed by atoms with Gasteiger partial charge in [-0.1, -0.05) is 23.7 Å². The number of halogens is 1. The Kier molecular flexibility index (Phi) is 5.99. The summed E-state index contributed by atoms with van der Waals surface area (Å²) in [7, 11) is 0. The molecule has 0 saturated heterocycles. The quantitative estimate of drug-likeness (QED) is 0.842. The molecule has 0 spiro atoms. The second kappa shape index (κ2) is 7.02. The molecule has 1 unspecified atom stereocenters. The Labute approximate surface area is 117 Å². The molecule has 0 bridgehead atoms. The van der Waals surface area contributed by atoms with Crippen LogP contribution in [0.25, 0.3) is 0 Å². The number of rotatable bonds is 6. The van der Waals surface area contributed by atoms with E-state index in [0.29, 0.717) is 17.2 Å². The predicted molar refractivity (Wildman–Crippen MR) is 77.2 cm³/mol. The van der Waals surface area contributed by atoms with Crippen molar-refractivity contribution in [2.45, 2.75) is 18.9 Å². The van der Waals surface area contributed by atoms with E-state index in [-0.39, 0.29) is 12.5 Å². The zero-order chi connectivity index (χ0) is 13.6. The highest BCUT2D eigenvalue weighted by atomic mass is 35.5. The van der Waals surface area contributed by atoms with Crippen LogP contribution in [-0.2, 0) is 11.2 Å². The number of hydrogen-bond donors (Lipinski definition) is 2. The molecule has 0 aliphatic carbocycles. The fourth-order valence-corrected chi connectivity index (χ4v) is 2.35. The van der Waals surface area contributed by atoms with Gasteiger partial charge in [0, 0.05) is 17.3 Å². The third-order valence-corrected chi connectivity index (χ3v) is 3.56. The van der Waals surface area contributed by atoms with E-state index < -0.39 is 5.60 Å². The predicted octanol–water partition coefficient (Wildman–Crippen LogP) is 2.11. The van der Waals surface area contributed by atoms with Crippen LogP contribution in [0.4, 0.5) is 0 Å². The molecule has 0 heterocycles. The Morgan fingerprint density at radius 3 is 2.61 bits per heavy atom. The number of carbonyl (C=O) groups excluding carboxylic acids is 1. The van der Waals surface area contributed by atoms with E-state index in [4.69, 9.17) is 11.6 Å². The van der Waals surface area contributed by atoms with Gasteiger partial charge in [0.25, 0.3) is 0 Å². The number of thioether (sulfide) groups is 1. The maximum atomic E-state index is 11.7. The Hall–Kier alpha value is -0.710. The fraction of sp³-hybridized carbons (Fsp3) is 0.462. The van der Waals surface area contributed by atoms with E-state index in [0.717, 1.165) is 5.56 Å². The number of benzene rings is 1. The fourth-order valence-electron chi connectivity index (χ4n) is 1.50. The second-order valence-electron chi connectivity index (χ2n) is 4.51. The number of carbonyl (C=O) groups is 1. The van der Waals surface area contributed by atoms with Crippen LogP contribution in [0.3, 0.4) is 0 Å². The van der Waals surface area contributed by atoms with E-state index in [2.05, 4.69) is 5.32 Å². The van der Waals surface area contributed by atoms with E-state index in [1.807, 2.05) is 18.4 Å². The van der Waals surface area contributed by atoms with Crippen LogP contribution in [0.2, 0.25) is 5.02 Å². The van der Waals surface area contributed by atoms with Crippen LogP contribution in [-0.4, -0.2) is 35.2 Å². The van der Waals surface area contributed by atoms with Gasteiger partial charge in [0.15, 0.2) is 0 Å². The van der Waals surface area contributed by atoms with E-state index >= 15 is 0 Å². The maximum Gasteiger partial charge on any atom is 0.224 e. The molecule has 3 nitrogen and oxygen atoms in total. The van der Waals surface area contributed by atoms with Crippen LogP contribution in [0.5, 0.6) is 0 Å². The second-order valence-corrected chi connectivity index (χ2v) is 5.81. The lowest BCUT2D eigenvalue weighted by molar-refractivity contribution is -0.121. The standard InChI is InChI=1S/C13H18ClNO2S/c1-13(17,9-18-2)8-15-12(16)7-10-3-5-11(14)6-4-10/h3-6,17H,7-9H2,1-2H3,(H,15,16). The van der Waals surface area contributed by atoms with Crippen molar-refractivity contribution in [2.75, 3.05) is 18.6 Å². The zero-order valence-corrected chi connectivity index (χ0v) is 12.1. The molecule has 0 aliphatic heterocycles. The monoisotopic (exact) mass is 287 g/mol. The number of amides is 1. The highest BCUT2D eigenvalue weighted by Crippen LogP contribution is 2.11. The summed E-state index contributed by atoms with van der Waals surface area (Å²) >= 11 is 7.32. The molecule has 1 atom stereocenters. The zero-order valence-electron chi connectivity index (χ0n) is 10.6. The molecule has 2 N–H and O–H groups in total. The van der Waals surface area contributed by atoms with Gasteiger partial charge < -0.3 is 10.4 Å². The minimum absolute atomic E-state index is 0.0984. The topological polar surface area (TPSA) is 49.3 Å². The Morgan fingerprint density at radius 2 is 2.06 bits per heavy atom. The van der Waals surface area contributed by atoms with E-state index in [9.17, 15) is 9.90 Å². The molecule has 0 aromatic heterocycles. The van der Waals surface area contributed by atoms with E-state index in [1.54, 1.807) is 30.8 Å². The molecule has 0 aliphatic rings. The molecule has 1 rings (SSSR count). The first-order chi connectivity index (χ1) is 8.43. The molecule has 18 heavy (non-hydrogen) atoms. The average Bonchev–Trinajstić information content (AvgIpc) is 2.30. The highest BCUT2D eigenvalue weighted by Gasteiger charge is 2.20. The Balaban J connectivity index is 2.40. The van der Waals surface area contributed by atoms with Gasteiger partial charge in [-0.2, -0.15) is 11.8 Å². The molecule has 100 valence electrons. The van der Waals surface area contributed by atoms with Crippen LogP contribution in [0, 0.1) is 0 Å². The van der Waals surface area contributed by atoms with Crippen molar-refractivity contribution in [1.29, 1.82) is 0 Å². The average molecular weight is 288 g/mol. The first-order valence-electron chi connectivity index (χ1n) is 5.65. The van der Waals surface area contributed by atoms with Gasteiger partial charge >= 0.3 is 0 Å². The molecule has 1 aromatic rings. The summed E-state index contributed by atoms with van der Waals surface area (Å²) in [5.74, 6) is 0.493. The van der Waals surface area contributed by atoms with Crippen molar-refractivity contribution in [3.8, 4) is 0 Å². The minimum atomic E-state index is -0.866. The molecule has 0 fully saturated rings. The van der Waals surface area contributed by atoms with Gasteiger partial charge in [0.05, 0.1) is 12.0 Å². The summed E-state index contributed by atoms with van der Waals surface area (Å²) in [4.78, 5) is 11.7. The van der Waals surface area contributed by atoms with Crippen molar-refractivity contribution in [2.24, 2.45) is 0 Å². The summed E-state index contributed by atoms with van der Waals surface area (Å²) in [6.45, 7) is 1.98. The van der Waals surface area contributed by atoms with Gasteiger partial charge in [-0.15, -0.1) is 0 Å². The number of aliphatic hydroxyl groups is 1. The summed E-state index contributed by atoms with van der Waals surface area (Å²) < 4.78 is 0. The summed E-state index contributed by atoms with van der Waals surface area (Å²) in [6.07, 6.45) is 2.22. The van der Waals surface area contributed by atoms with Crippen LogP contribution >= 0.6 is 23.4 Å². The van der Waals surface area contributed by atoms with Crippen LogP contribution in [0.15, 0.2) is 24.3 Å². The number of nitrogens with one attached hydrogen (secondary N) is 1. The lowest BCUT2D eigenvalue weighted by Crippen LogP contribution is -2.42. The Bertz CT molecular complexity index is 392. The first-order valence-corrected chi connectivity index (χ1v) is 7.42. The Morgan fingerprint density at radius 1 is 1.44 bits per heavy atom. The molecule has 1 aromatic carbocycles. The largest absolute Gasteiger partial charge is 0.387 e. The van der Waals surface area contributed by atoms with Crippen molar-refractivity contribution < 1.29 is 9.90 Å². The van der Waals surface area contributed by atoms with Crippen molar-refractivity contribution in [3.05, 3.63) is 34.9 Å². The molecular weight excluding hydrogens is 270 g/mol. The van der Waals surface area contributed by atoms with Crippen molar-refractivity contribution in [3.63, 3.8) is 0 Å². The third-order valence-electron chi connectivity index (χ3n) is 2.40. The number of hydrogen-bond acceptors (Lipinski definition) is 3. The molecule has 1 amide bonds. The SMILES string of the molecule is CSCC(C)(O)CNC(=O)Cc1ccc(Cl)cc1. The van der Waals surface area contributed by atoms with Gasteiger partial charge in [-0.25, -0.2) is 0 Å². The molecular formula is C13H18ClNO2S. The smallest absolute Gasteiger partial charge is 0.224 e. The van der Waals surface area contributed by atoms with Crippen molar-refractivity contribution in [1.82, 2.24) is 5.32 Å². The summed E-state index contributed by atoms with van der Waals surface area (Å²) in [5.41, 5.74) is 0.0381. The van der Waals surface area contributed by atoms with Gasteiger partial charge in [-0.3, -0.25) is 4.79 Å². The minimum Gasteiger partial charge on any atom is -0.387 e. The summed E-state index contributed by atoms with van der Waals surface area (Å²) in [6, 6.07) is 7.16. The summed E-state index contributed by atoms with van der Waals surface area (Å²) in [5, 5.41) is 13.3. The lowest BCUT2D eigenvalue weighted by Gasteiger charge is -2.22. The van der Waals surface area contributed by atoms with Gasteiger partial charge in [-0.05, 0) is 30.9 Å². The van der Waals surface area contributed by atoms with Gasteiger partial charge in [0.1, 0.15) is 0 Å². The molecule has 5 heteroatoms. The van der Waals surface area contributed by atoms with Crippen LogP contribution in [0.1, 0.15) is 12.5 Å². The molecule has 0 radical (unpaired) electrons. The maximum absolute atomic E-state index is 11.7. The first kappa shape index (κ1) is 15.3. The third kappa shape index (κ3) is 5.76. The lowest BCUT2D eigenvalue weighted by atomic mass is 10.1. The normalized spacial score (nSPS) is 14.0.